The van der Waals surface area contributed by atoms with Gasteiger partial charge in [0.05, 0.1) is 32.5 Å². The molecule has 0 heterocycles. The lowest BCUT2D eigenvalue weighted by Crippen LogP contribution is -2.04. The number of aryl methyl sites for hydroxylation is 3. The van der Waals surface area contributed by atoms with E-state index in [1.807, 2.05) is 44.2 Å². The zero-order chi connectivity index (χ0) is 37.7. The molecule has 0 amide bonds. The molecule has 0 radical (unpaired) electrons. The molecule has 0 aromatic heterocycles. The van der Waals surface area contributed by atoms with Crippen molar-refractivity contribution in [2.24, 2.45) is 20.5 Å². The summed E-state index contributed by atoms with van der Waals surface area (Å²) in [6, 6.07) is 23.2. The number of hydrogen-bond acceptors (Lipinski definition) is 11. The van der Waals surface area contributed by atoms with Crippen LogP contribution in [0, 0.1) is 20.8 Å². The number of nitrogen functional groups attached to an aromatic ring is 1. The molecule has 14 nitrogen and oxygen atoms in total. The van der Waals surface area contributed by atoms with Crippen molar-refractivity contribution in [1.29, 1.82) is 0 Å². The highest BCUT2D eigenvalue weighted by Crippen LogP contribution is 2.40. The van der Waals surface area contributed by atoms with E-state index < -0.39 is 45.8 Å². The number of benzene rings is 6. The lowest BCUT2D eigenvalue weighted by Gasteiger charge is -2.11. The number of azo groups is 2. The van der Waals surface area contributed by atoms with Crippen LogP contribution in [0.2, 0.25) is 0 Å². The molecule has 0 fully saturated rings. The first kappa shape index (κ1) is 36.4. The van der Waals surface area contributed by atoms with E-state index in [0.29, 0.717) is 33.4 Å². The van der Waals surface area contributed by atoms with Gasteiger partial charge in [-0.25, -0.2) is 0 Å². The summed E-state index contributed by atoms with van der Waals surface area (Å²) < 4.78 is 99.4. The maximum atomic E-state index is 12.1. The van der Waals surface area contributed by atoms with Crippen molar-refractivity contribution in [3.05, 3.63) is 108 Å². The van der Waals surface area contributed by atoms with Crippen LogP contribution in [0.1, 0.15) is 16.7 Å². The third-order valence-electron chi connectivity index (χ3n) is 8.37. The third-order valence-corrected chi connectivity index (χ3v) is 11.0. The monoisotopic (exact) mass is 759 g/mol. The second kappa shape index (κ2) is 13.3. The average molecular weight is 760 g/mol. The van der Waals surface area contributed by atoms with Gasteiger partial charge < -0.3 is 5.73 Å². The summed E-state index contributed by atoms with van der Waals surface area (Å²) in [6.07, 6.45) is 0. The van der Waals surface area contributed by atoms with Crippen LogP contribution >= 0.6 is 0 Å². The lowest BCUT2D eigenvalue weighted by atomic mass is 10.00. The van der Waals surface area contributed by atoms with E-state index in [-0.39, 0.29) is 21.4 Å². The molecule has 0 unspecified atom stereocenters. The Kier molecular flexibility index (Phi) is 9.29. The Bertz CT molecular complexity index is 2870. The summed E-state index contributed by atoms with van der Waals surface area (Å²) >= 11 is 0. The molecule has 52 heavy (non-hydrogen) atoms. The van der Waals surface area contributed by atoms with Crippen LogP contribution in [0.25, 0.3) is 32.7 Å². The van der Waals surface area contributed by atoms with Gasteiger partial charge in [0.25, 0.3) is 30.4 Å². The van der Waals surface area contributed by atoms with E-state index in [4.69, 9.17) is 5.73 Å². The van der Waals surface area contributed by atoms with E-state index in [0.717, 1.165) is 40.5 Å². The predicted octanol–water partition coefficient (Wildman–Crippen LogP) is 8.74. The number of anilines is 1. The van der Waals surface area contributed by atoms with Crippen LogP contribution in [0.15, 0.2) is 126 Å². The second-order valence-electron chi connectivity index (χ2n) is 12.0. The first-order valence-electron chi connectivity index (χ1n) is 15.2. The standard InChI is InChI=1S/C35H29N5O9S3/c1-19-4-5-24-16-26(50(41,42)43)8-10-28(24)34(19)39-37-30-12-6-22(14-20(30)2)23-7-13-31(21(3)15-23)38-40-35-29-11-9-27(51(44,45)46)17-25(29)18-32(33(35)36)52(47,48)49/h4-18H,36H2,1-3H3,(H,41,42,43)(H,44,45,46)(H,47,48,49). The Morgan fingerprint density at radius 1 is 0.481 bits per heavy atom. The first-order chi connectivity index (χ1) is 24.3. The second-order valence-corrected chi connectivity index (χ2v) is 16.2. The van der Waals surface area contributed by atoms with Crippen LogP contribution < -0.4 is 5.73 Å². The van der Waals surface area contributed by atoms with E-state index in [9.17, 15) is 38.9 Å². The highest BCUT2D eigenvalue weighted by Gasteiger charge is 2.22. The van der Waals surface area contributed by atoms with Gasteiger partial charge >= 0.3 is 0 Å². The minimum Gasteiger partial charge on any atom is -0.396 e. The number of nitrogens with zero attached hydrogens (tertiary/aromatic N) is 4. The van der Waals surface area contributed by atoms with Crippen LogP contribution in [-0.4, -0.2) is 38.9 Å². The van der Waals surface area contributed by atoms with Crippen LogP contribution in [0.3, 0.4) is 0 Å². The summed E-state index contributed by atoms with van der Waals surface area (Å²) in [4.78, 5) is -1.41. The van der Waals surface area contributed by atoms with Crippen molar-refractivity contribution < 1.29 is 38.9 Å². The molecule has 0 saturated carbocycles. The van der Waals surface area contributed by atoms with Crippen molar-refractivity contribution in [3.63, 3.8) is 0 Å². The molecule has 0 saturated heterocycles. The minimum absolute atomic E-state index is 0.0258. The van der Waals surface area contributed by atoms with Crippen LogP contribution in [0.4, 0.5) is 28.4 Å². The van der Waals surface area contributed by atoms with Gasteiger partial charge in [0.2, 0.25) is 0 Å². The van der Waals surface area contributed by atoms with Gasteiger partial charge in [-0.05, 0) is 114 Å². The summed E-state index contributed by atoms with van der Waals surface area (Å²) in [5, 5.41) is 18.9. The molecule has 6 aromatic rings. The maximum Gasteiger partial charge on any atom is 0.296 e. The van der Waals surface area contributed by atoms with E-state index in [1.54, 1.807) is 31.2 Å². The number of nitrogens with two attached hydrogens (primary N) is 1. The van der Waals surface area contributed by atoms with E-state index in [1.165, 1.54) is 18.2 Å². The molecule has 5 N–H and O–H groups in total. The molecular weight excluding hydrogens is 731 g/mol. The summed E-state index contributed by atoms with van der Waals surface area (Å²) in [5.41, 5.74) is 11.2. The predicted molar refractivity (Wildman–Crippen MR) is 196 cm³/mol. The van der Waals surface area contributed by atoms with Gasteiger partial charge in [0.1, 0.15) is 10.6 Å². The molecular formula is C35H29N5O9S3. The molecule has 0 bridgehead atoms. The minimum atomic E-state index is -4.84. The first-order valence-corrected chi connectivity index (χ1v) is 19.5. The molecule has 17 heteroatoms. The van der Waals surface area contributed by atoms with Gasteiger partial charge in [-0.3, -0.25) is 13.7 Å². The fourth-order valence-electron chi connectivity index (χ4n) is 5.63. The van der Waals surface area contributed by atoms with Crippen molar-refractivity contribution in [3.8, 4) is 11.1 Å². The molecule has 0 aliphatic carbocycles. The molecule has 266 valence electrons. The zero-order valence-corrected chi connectivity index (χ0v) is 30.0. The van der Waals surface area contributed by atoms with Crippen LogP contribution in [-0.2, 0) is 30.4 Å². The Morgan fingerprint density at radius 2 is 0.962 bits per heavy atom. The largest absolute Gasteiger partial charge is 0.396 e. The van der Waals surface area contributed by atoms with Crippen molar-refractivity contribution in [2.75, 3.05) is 5.73 Å². The fraction of sp³-hybridized carbons (Fsp3) is 0.0857. The van der Waals surface area contributed by atoms with Gasteiger partial charge in [0.15, 0.2) is 0 Å². The van der Waals surface area contributed by atoms with Gasteiger partial charge in [-0.1, -0.05) is 36.4 Å². The molecule has 6 aromatic carbocycles. The molecule has 6 rings (SSSR count). The topological polar surface area (TPSA) is 239 Å². The zero-order valence-electron chi connectivity index (χ0n) is 27.5. The van der Waals surface area contributed by atoms with Crippen molar-refractivity contribution >= 4 is 80.3 Å². The molecule has 0 aliphatic heterocycles. The molecule has 0 aliphatic rings. The number of fused-ring (bicyclic) bond motifs is 2. The smallest absolute Gasteiger partial charge is 0.296 e. The van der Waals surface area contributed by atoms with Gasteiger partial charge in [-0.15, -0.1) is 10.2 Å². The number of rotatable bonds is 8. The number of hydrogen-bond donors (Lipinski definition) is 4. The Labute approximate surface area is 298 Å². The summed E-state index contributed by atoms with van der Waals surface area (Å²) in [6.45, 7) is 5.55. The third kappa shape index (κ3) is 7.31. The molecule has 0 atom stereocenters. The van der Waals surface area contributed by atoms with Gasteiger partial charge in [-0.2, -0.15) is 35.5 Å². The highest BCUT2D eigenvalue weighted by molar-refractivity contribution is 7.86. The normalized spacial score (nSPS) is 12.8. The Hall–Kier alpha value is -5.43. The summed E-state index contributed by atoms with van der Waals surface area (Å²) in [7, 11) is -13.8. The molecule has 0 spiro atoms. The average Bonchev–Trinajstić information content (AvgIpc) is 3.06. The van der Waals surface area contributed by atoms with Crippen molar-refractivity contribution in [1.82, 2.24) is 0 Å². The SMILES string of the molecule is Cc1cc(-c2ccc(N=Nc3c(N)c(S(=O)(=O)O)cc4cc(S(=O)(=O)O)ccc34)c(C)c2)ccc1N=Nc1c(C)ccc2cc(S(=O)(=O)O)ccc12. The fourth-order valence-corrected chi connectivity index (χ4v) is 7.32. The van der Waals surface area contributed by atoms with Gasteiger partial charge in [0, 0.05) is 10.8 Å². The lowest BCUT2D eigenvalue weighted by molar-refractivity contribution is 0.481. The van der Waals surface area contributed by atoms with Crippen molar-refractivity contribution in [2.45, 2.75) is 35.5 Å². The maximum absolute atomic E-state index is 12.1. The van der Waals surface area contributed by atoms with E-state index in [2.05, 4.69) is 20.5 Å². The summed E-state index contributed by atoms with van der Waals surface area (Å²) in [5.74, 6) is 0. The van der Waals surface area contributed by atoms with E-state index >= 15 is 0 Å². The van der Waals surface area contributed by atoms with Crippen LogP contribution in [0.5, 0.6) is 0 Å². The quantitative estimate of drug-likeness (QED) is 0.0653. The Morgan fingerprint density at radius 3 is 1.44 bits per heavy atom. The Balaban J connectivity index is 1.30. The highest BCUT2D eigenvalue weighted by atomic mass is 32.2.